The molecule has 0 radical (unpaired) electrons. The molecule has 1 fully saturated rings. The Bertz CT molecular complexity index is 874. The number of likely N-dealkylation sites (N-methyl/N-ethyl adjacent to an activating group) is 1. The van der Waals surface area contributed by atoms with E-state index in [-0.39, 0.29) is 0 Å². The molecule has 2 aromatic carbocycles. The highest BCUT2D eigenvalue weighted by atomic mass is 35.5. The molecule has 0 unspecified atom stereocenters. The molecule has 0 atom stereocenters. The van der Waals surface area contributed by atoms with Crippen LogP contribution in [0.1, 0.15) is 6.92 Å². The van der Waals surface area contributed by atoms with E-state index < -0.39 is 0 Å². The van der Waals surface area contributed by atoms with Crippen molar-refractivity contribution in [2.75, 3.05) is 37.6 Å². The number of fused-ring (bicyclic) bond motifs is 1. The van der Waals surface area contributed by atoms with Gasteiger partial charge in [-0.15, -0.1) is 0 Å². The number of nitrogens with zero attached hydrogens (tertiary/aromatic N) is 4. The molecule has 5 heteroatoms. The predicted molar refractivity (Wildman–Crippen MR) is 104 cm³/mol. The molecule has 0 spiro atoms. The number of aromatic nitrogens is 2. The normalized spacial score (nSPS) is 15.7. The van der Waals surface area contributed by atoms with Gasteiger partial charge < -0.3 is 9.80 Å². The Kier molecular flexibility index (Phi) is 4.55. The van der Waals surface area contributed by atoms with E-state index in [1.807, 2.05) is 48.5 Å². The second kappa shape index (κ2) is 6.98. The van der Waals surface area contributed by atoms with E-state index in [1.165, 1.54) is 0 Å². The summed E-state index contributed by atoms with van der Waals surface area (Å²) < 4.78 is 0. The minimum Gasteiger partial charge on any atom is -0.353 e. The molecule has 0 saturated carbocycles. The number of halogens is 1. The van der Waals surface area contributed by atoms with Gasteiger partial charge in [-0.25, -0.2) is 9.97 Å². The van der Waals surface area contributed by atoms with Gasteiger partial charge in [0.25, 0.3) is 0 Å². The lowest BCUT2D eigenvalue weighted by Crippen LogP contribution is -2.46. The van der Waals surface area contributed by atoms with E-state index in [9.17, 15) is 0 Å². The molecule has 128 valence electrons. The Balaban J connectivity index is 1.81. The number of rotatable bonds is 3. The summed E-state index contributed by atoms with van der Waals surface area (Å²) in [5, 5.41) is 1.76. The smallest absolute Gasteiger partial charge is 0.162 e. The van der Waals surface area contributed by atoms with Crippen LogP contribution in [0.4, 0.5) is 5.82 Å². The van der Waals surface area contributed by atoms with Gasteiger partial charge in [0.05, 0.1) is 5.52 Å². The predicted octanol–water partition coefficient (Wildman–Crippen LogP) is 4.09. The van der Waals surface area contributed by atoms with Crippen molar-refractivity contribution in [3.05, 3.63) is 53.6 Å². The minimum absolute atomic E-state index is 0.701. The highest BCUT2D eigenvalue weighted by molar-refractivity contribution is 6.31. The van der Waals surface area contributed by atoms with Crippen molar-refractivity contribution in [3.8, 4) is 11.4 Å². The van der Waals surface area contributed by atoms with Gasteiger partial charge in [0.1, 0.15) is 5.82 Å². The SMILES string of the molecule is CCN1CCN(c2nc(-c3ccccc3)nc3cc(Cl)ccc23)CC1. The Morgan fingerprint density at radius 3 is 2.44 bits per heavy atom. The molecule has 1 aromatic heterocycles. The molecule has 0 amide bonds. The van der Waals surface area contributed by atoms with E-state index in [0.29, 0.717) is 5.02 Å². The van der Waals surface area contributed by atoms with Gasteiger partial charge in [-0.05, 0) is 24.7 Å². The molecular formula is C20H21ClN4. The molecule has 1 aliphatic heterocycles. The zero-order valence-electron chi connectivity index (χ0n) is 14.3. The summed E-state index contributed by atoms with van der Waals surface area (Å²) in [6.45, 7) is 7.41. The van der Waals surface area contributed by atoms with E-state index in [4.69, 9.17) is 21.6 Å². The van der Waals surface area contributed by atoms with Gasteiger partial charge in [-0.1, -0.05) is 48.9 Å². The van der Waals surface area contributed by atoms with Gasteiger partial charge >= 0.3 is 0 Å². The van der Waals surface area contributed by atoms with Crippen molar-refractivity contribution in [2.24, 2.45) is 0 Å². The van der Waals surface area contributed by atoms with Gasteiger partial charge in [-0.2, -0.15) is 0 Å². The molecule has 0 N–H and O–H groups in total. The van der Waals surface area contributed by atoms with E-state index in [0.717, 1.165) is 60.8 Å². The van der Waals surface area contributed by atoms with Gasteiger partial charge in [0.2, 0.25) is 0 Å². The van der Waals surface area contributed by atoms with E-state index >= 15 is 0 Å². The van der Waals surface area contributed by atoms with Crippen LogP contribution < -0.4 is 4.90 Å². The summed E-state index contributed by atoms with van der Waals surface area (Å²) in [5.74, 6) is 1.76. The van der Waals surface area contributed by atoms with Crippen LogP contribution in [-0.4, -0.2) is 47.6 Å². The summed E-state index contributed by atoms with van der Waals surface area (Å²) in [4.78, 5) is 14.5. The van der Waals surface area contributed by atoms with Crippen LogP contribution in [0.25, 0.3) is 22.3 Å². The number of piperazine rings is 1. The topological polar surface area (TPSA) is 32.3 Å². The van der Waals surface area contributed by atoms with Crippen LogP contribution in [0.2, 0.25) is 5.02 Å². The monoisotopic (exact) mass is 352 g/mol. The molecule has 4 rings (SSSR count). The third-order valence-corrected chi connectivity index (χ3v) is 5.02. The fourth-order valence-corrected chi connectivity index (χ4v) is 3.49. The number of benzene rings is 2. The van der Waals surface area contributed by atoms with Crippen LogP contribution >= 0.6 is 11.6 Å². The molecule has 3 aromatic rings. The zero-order chi connectivity index (χ0) is 17.2. The van der Waals surface area contributed by atoms with Gasteiger partial charge in [0, 0.05) is 42.2 Å². The summed E-state index contributed by atoms with van der Waals surface area (Å²) in [7, 11) is 0. The molecule has 0 bridgehead atoms. The van der Waals surface area contributed by atoms with Crippen molar-refractivity contribution >= 4 is 28.3 Å². The van der Waals surface area contributed by atoms with Crippen molar-refractivity contribution in [1.82, 2.24) is 14.9 Å². The molecule has 4 nitrogen and oxygen atoms in total. The average molecular weight is 353 g/mol. The fraction of sp³-hybridized carbons (Fsp3) is 0.300. The fourth-order valence-electron chi connectivity index (χ4n) is 3.32. The maximum atomic E-state index is 6.21. The number of hydrogen-bond donors (Lipinski definition) is 0. The molecule has 0 aliphatic carbocycles. The average Bonchev–Trinajstić information content (AvgIpc) is 2.67. The molecule has 25 heavy (non-hydrogen) atoms. The first-order valence-electron chi connectivity index (χ1n) is 8.74. The lowest BCUT2D eigenvalue weighted by Gasteiger charge is -2.35. The standard InChI is InChI=1S/C20H21ClN4/c1-2-24-10-12-25(13-11-24)20-17-9-8-16(21)14-18(17)22-19(23-20)15-6-4-3-5-7-15/h3-9,14H,2,10-13H2,1H3. The first-order chi connectivity index (χ1) is 12.2. The lowest BCUT2D eigenvalue weighted by molar-refractivity contribution is 0.271. The Labute approximate surface area is 153 Å². The number of anilines is 1. The van der Waals surface area contributed by atoms with Crippen molar-refractivity contribution in [2.45, 2.75) is 6.92 Å². The van der Waals surface area contributed by atoms with Gasteiger partial charge in [0.15, 0.2) is 5.82 Å². The van der Waals surface area contributed by atoms with Crippen molar-refractivity contribution in [3.63, 3.8) is 0 Å². The Morgan fingerprint density at radius 1 is 0.960 bits per heavy atom. The quantitative estimate of drug-likeness (QED) is 0.710. The largest absolute Gasteiger partial charge is 0.353 e. The second-order valence-electron chi connectivity index (χ2n) is 6.32. The first kappa shape index (κ1) is 16.3. The van der Waals surface area contributed by atoms with Crippen LogP contribution in [-0.2, 0) is 0 Å². The van der Waals surface area contributed by atoms with E-state index in [2.05, 4.69) is 16.7 Å². The van der Waals surface area contributed by atoms with Crippen LogP contribution in [0, 0.1) is 0 Å². The summed E-state index contributed by atoms with van der Waals surface area (Å²) in [5.41, 5.74) is 1.92. The third kappa shape index (κ3) is 3.32. The van der Waals surface area contributed by atoms with Gasteiger partial charge in [-0.3, -0.25) is 0 Å². The van der Waals surface area contributed by atoms with E-state index in [1.54, 1.807) is 0 Å². The maximum absolute atomic E-state index is 6.21. The Morgan fingerprint density at radius 2 is 1.72 bits per heavy atom. The summed E-state index contributed by atoms with van der Waals surface area (Å²) in [6.07, 6.45) is 0. The summed E-state index contributed by atoms with van der Waals surface area (Å²) in [6, 6.07) is 16.0. The minimum atomic E-state index is 0.701. The Hall–Kier alpha value is -2.17. The molecule has 1 aliphatic rings. The van der Waals surface area contributed by atoms with Crippen LogP contribution in [0.5, 0.6) is 0 Å². The lowest BCUT2D eigenvalue weighted by atomic mass is 10.1. The summed E-state index contributed by atoms with van der Waals surface area (Å²) >= 11 is 6.21. The zero-order valence-corrected chi connectivity index (χ0v) is 15.1. The van der Waals surface area contributed by atoms with Crippen molar-refractivity contribution < 1.29 is 0 Å². The van der Waals surface area contributed by atoms with Crippen LogP contribution in [0.3, 0.4) is 0 Å². The number of hydrogen-bond acceptors (Lipinski definition) is 4. The molecule has 1 saturated heterocycles. The highest BCUT2D eigenvalue weighted by Crippen LogP contribution is 2.30. The highest BCUT2D eigenvalue weighted by Gasteiger charge is 2.20. The molecular weight excluding hydrogens is 332 g/mol. The molecule has 2 heterocycles. The van der Waals surface area contributed by atoms with Crippen LogP contribution in [0.15, 0.2) is 48.5 Å². The third-order valence-electron chi connectivity index (χ3n) is 4.79. The van der Waals surface area contributed by atoms with Crippen molar-refractivity contribution in [1.29, 1.82) is 0 Å². The maximum Gasteiger partial charge on any atom is 0.162 e. The first-order valence-corrected chi connectivity index (χ1v) is 9.12. The second-order valence-corrected chi connectivity index (χ2v) is 6.76.